The van der Waals surface area contributed by atoms with Gasteiger partial charge in [0.15, 0.2) is 0 Å². The lowest BCUT2D eigenvalue weighted by Crippen LogP contribution is -2.56. The topological polar surface area (TPSA) is 37.3 Å². The molecule has 8 atom stereocenters. The van der Waals surface area contributed by atoms with Crippen LogP contribution in [0.15, 0.2) is 0 Å². The molecular weight excluding hydrogens is 400 g/mol. The van der Waals surface area contributed by atoms with E-state index in [0.29, 0.717) is 16.5 Å². The molecule has 0 heterocycles. The molecule has 4 aliphatic rings. The lowest BCUT2D eigenvalue weighted by Gasteiger charge is -2.62. The number of aliphatic hydroxyl groups is 1. The van der Waals surface area contributed by atoms with Gasteiger partial charge in [-0.3, -0.25) is 4.79 Å². The number of ketones is 1. The van der Waals surface area contributed by atoms with Crippen LogP contribution in [0.25, 0.3) is 0 Å². The van der Waals surface area contributed by atoms with Crippen molar-refractivity contribution in [1.82, 2.24) is 0 Å². The largest absolute Gasteiger partial charge is 0.390 e. The summed E-state index contributed by atoms with van der Waals surface area (Å²) in [5.41, 5.74) is 0.165. The first-order valence-corrected chi connectivity index (χ1v) is 12.6. The van der Waals surface area contributed by atoms with Crippen molar-refractivity contribution in [3.05, 3.63) is 0 Å². The van der Waals surface area contributed by atoms with Gasteiger partial charge in [-0.05, 0) is 106 Å². The monoisotopic (exact) mass is 438 g/mol. The molecule has 0 amide bonds. The minimum absolute atomic E-state index is 0.226. The Kier molecular flexibility index (Phi) is 5.37. The van der Waals surface area contributed by atoms with E-state index in [9.17, 15) is 9.90 Å². The molecule has 154 valence electrons. The van der Waals surface area contributed by atoms with Crippen LogP contribution < -0.4 is 0 Å². The van der Waals surface area contributed by atoms with E-state index < -0.39 is 5.60 Å². The number of rotatable bonds is 2. The van der Waals surface area contributed by atoms with E-state index in [-0.39, 0.29) is 11.3 Å². The smallest absolute Gasteiger partial charge is 0.147 e. The number of fused-ring (bicyclic) bond motifs is 5. The van der Waals surface area contributed by atoms with Crippen molar-refractivity contribution in [3.63, 3.8) is 0 Å². The van der Waals surface area contributed by atoms with Crippen molar-refractivity contribution >= 4 is 21.7 Å². The molecule has 0 radical (unpaired) electrons. The maximum absolute atomic E-state index is 12.7. The minimum atomic E-state index is -0.461. The normalized spacial score (nSPS) is 52.9. The number of alkyl halides is 1. The third kappa shape index (κ3) is 3.27. The van der Waals surface area contributed by atoms with Gasteiger partial charge in [-0.25, -0.2) is 0 Å². The zero-order valence-electron chi connectivity index (χ0n) is 17.6. The molecule has 4 rings (SSSR count). The van der Waals surface area contributed by atoms with Crippen LogP contribution in [-0.4, -0.2) is 21.8 Å². The lowest BCUT2D eigenvalue weighted by molar-refractivity contribution is -0.149. The van der Waals surface area contributed by atoms with Crippen molar-refractivity contribution in [2.24, 2.45) is 40.4 Å². The molecule has 0 aromatic rings. The SMILES string of the molecule is C[C@]1(O)CCC2CC[C@@H]3C(CC[C@]4(C)C(C(=O)CBr)CCCC34)[C@@]2(C)CC1. The quantitative estimate of drug-likeness (QED) is 0.525. The third-order valence-corrected chi connectivity index (χ3v) is 10.6. The van der Waals surface area contributed by atoms with Crippen molar-refractivity contribution in [2.75, 3.05) is 5.33 Å². The van der Waals surface area contributed by atoms with Crippen LogP contribution in [0.1, 0.15) is 91.4 Å². The lowest BCUT2D eigenvalue weighted by atomic mass is 9.42. The number of Topliss-reactive ketones (excluding diaryl/α,β-unsaturated/α-hetero) is 1. The molecule has 0 saturated heterocycles. The predicted molar refractivity (Wildman–Crippen MR) is 114 cm³/mol. The summed E-state index contributed by atoms with van der Waals surface area (Å²) in [5.74, 6) is 3.86. The van der Waals surface area contributed by atoms with Crippen molar-refractivity contribution in [1.29, 1.82) is 0 Å². The van der Waals surface area contributed by atoms with Gasteiger partial charge >= 0.3 is 0 Å². The van der Waals surface area contributed by atoms with Gasteiger partial charge in [0.25, 0.3) is 0 Å². The maximum atomic E-state index is 12.7. The van der Waals surface area contributed by atoms with E-state index in [4.69, 9.17) is 0 Å². The van der Waals surface area contributed by atoms with Gasteiger partial charge < -0.3 is 5.11 Å². The Bertz CT molecular complexity index is 587. The Balaban J connectivity index is 1.62. The fourth-order valence-electron chi connectivity index (χ4n) is 8.37. The summed E-state index contributed by atoms with van der Waals surface area (Å²) in [6.45, 7) is 7.09. The molecule has 0 aliphatic heterocycles. The molecular formula is C24H39BrO2. The van der Waals surface area contributed by atoms with E-state index in [1.165, 1.54) is 51.4 Å². The Morgan fingerprint density at radius 1 is 0.889 bits per heavy atom. The first-order valence-electron chi connectivity index (χ1n) is 11.5. The molecule has 4 unspecified atom stereocenters. The fraction of sp³-hybridized carbons (Fsp3) is 0.958. The molecule has 0 spiro atoms. The molecule has 0 aromatic carbocycles. The summed E-state index contributed by atoms with van der Waals surface area (Å²) < 4.78 is 0. The van der Waals surface area contributed by atoms with Crippen LogP contribution in [0.2, 0.25) is 0 Å². The summed E-state index contributed by atoms with van der Waals surface area (Å²) in [5, 5.41) is 11.3. The van der Waals surface area contributed by atoms with E-state index in [0.717, 1.165) is 42.9 Å². The Hall–Kier alpha value is 0.110. The first kappa shape index (κ1) is 20.4. The minimum Gasteiger partial charge on any atom is -0.390 e. The van der Waals surface area contributed by atoms with Gasteiger partial charge in [0, 0.05) is 5.92 Å². The number of carbonyl (C=O) groups is 1. The molecule has 1 N–H and O–H groups in total. The highest BCUT2D eigenvalue weighted by Crippen LogP contribution is 2.66. The Morgan fingerprint density at radius 2 is 1.63 bits per heavy atom. The summed E-state index contributed by atoms with van der Waals surface area (Å²) >= 11 is 3.46. The number of hydrogen-bond donors (Lipinski definition) is 1. The van der Waals surface area contributed by atoms with Gasteiger partial charge in [-0.2, -0.15) is 0 Å². The second-order valence-electron chi connectivity index (χ2n) is 11.3. The maximum Gasteiger partial charge on any atom is 0.147 e. The highest BCUT2D eigenvalue weighted by molar-refractivity contribution is 9.09. The molecule has 4 aliphatic carbocycles. The van der Waals surface area contributed by atoms with Crippen molar-refractivity contribution in [3.8, 4) is 0 Å². The molecule has 0 aromatic heterocycles. The van der Waals surface area contributed by atoms with Gasteiger partial charge in [-0.1, -0.05) is 36.2 Å². The summed E-state index contributed by atoms with van der Waals surface area (Å²) in [7, 11) is 0. The van der Waals surface area contributed by atoms with Gasteiger partial charge in [-0.15, -0.1) is 0 Å². The zero-order chi connectivity index (χ0) is 19.4. The van der Waals surface area contributed by atoms with Gasteiger partial charge in [0.1, 0.15) is 5.78 Å². The van der Waals surface area contributed by atoms with Crippen molar-refractivity contribution < 1.29 is 9.90 Å². The van der Waals surface area contributed by atoms with Crippen LogP contribution in [0.3, 0.4) is 0 Å². The average Bonchev–Trinajstić information content (AvgIpc) is 2.76. The van der Waals surface area contributed by atoms with E-state index in [1.807, 2.05) is 0 Å². The summed E-state index contributed by atoms with van der Waals surface area (Å²) in [6, 6.07) is 0. The van der Waals surface area contributed by atoms with Crippen LogP contribution in [0.4, 0.5) is 0 Å². The standard InChI is InChI=1S/C24H39BrO2/c1-22(27)11-9-16-7-8-17-18-5-4-6-20(21(26)15-25)24(18,3)12-10-19(17)23(16,2)14-13-22/h16-20,27H,4-15H2,1-3H3/t16?,17-,18?,19?,20?,22-,23-,24-/m0/s1. The van der Waals surface area contributed by atoms with E-state index >= 15 is 0 Å². The zero-order valence-corrected chi connectivity index (χ0v) is 19.2. The molecule has 4 saturated carbocycles. The van der Waals surface area contributed by atoms with Crippen LogP contribution in [0.5, 0.6) is 0 Å². The van der Waals surface area contributed by atoms with Gasteiger partial charge in [0.2, 0.25) is 0 Å². The second kappa shape index (κ2) is 7.11. The molecule has 4 fully saturated rings. The van der Waals surface area contributed by atoms with Crippen LogP contribution >= 0.6 is 15.9 Å². The second-order valence-corrected chi connectivity index (χ2v) is 11.9. The summed E-state index contributed by atoms with van der Waals surface area (Å²) in [6.07, 6.45) is 13.3. The van der Waals surface area contributed by atoms with E-state index in [2.05, 4.69) is 36.7 Å². The first-order chi connectivity index (χ1) is 12.7. The highest BCUT2D eigenvalue weighted by atomic mass is 79.9. The van der Waals surface area contributed by atoms with Crippen molar-refractivity contribution in [2.45, 2.75) is 97.0 Å². The number of carbonyl (C=O) groups excluding carboxylic acids is 1. The molecule has 3 heteroatoms. The van der Waals surface area contributed by atoms with E-state index in [1.54, 1.807) is 0 Å². The fourth-order valence-corrected chi connectivity index (χ4v) is 8.76. The van der Waals surface area contributed by atoms with Crippen LogP contribution in [0, 0.1) is 40.4 Å². The highest BCUT2D eigenvalue weighted by Gasteiger charge is 2.59. The number of hydrogen-bond acceptors (Lipinski definition) is 2. The Labute approximate surface area is 174 Å². The summed E-state index contributed by atoms with van der Waals surface area (Å²) in [4.78, 5) is 12.7. The predicted octanol–water partition coefficient (Wildman–Crippen LogP) is 6.14. The Morgan fingerprint density at radius 3 is 2.37 bits per heavy atom. The van der Waals surface area contributed by atoms with Gasteiger partial charge in [0.05, 0.1) is 10.9 Å². The average molecular weight is 439 g/mol. The molecule has 2 nitrogen and oxygen atoms in total. The molecule has 0 bridgehead atoms. The number of halogens is 1. The third-order valence-electron chi connectivity index (χ3n) is 10.1. The molecule has 27 heavy (non-hydrogen) atoms. The van der Waals surface area contributed by atoms with Crippen LogP contribution in [-0.2, 0) is 4.79 Å².